The molecule has 3 aromatic rings. The van der Waals surface area contributed by atoms with Crippen molar-refractivity contribution in [2.45, 2.75) is 32.7 Å². The Labute approximate surface area is 175 Å². The number of halogens is 1. The molecule has 28 heavy (non-hydrogen) atoms. The number of anilines is 1. The first-order chi connectivity index (χ1) is 13.6. The second-order valence-corrected chi connectivity index (χ2v) is 8.38. The van der Waals surface area contributed by atoms with Crippen LogP contribution in [0.2, 0.25) is 0 Å². The average Bonchev–Trinajstić information content (AvgIpc) is 3.05. The van der Waals surface area contributed by atoms with Crippen LogP contribution in [0.1, 0.15) is 35.8 Å². The topological polar surface area (TPSA) is 39.1 Å². The van der Waals surface area contributed by atoms with Gasteiger partial charge < -0.3 is 14.6 Å². The van der Waals surface area contributed by atoms with Gasteiger partial charge in [-0.3, -0.25) is 0 Å². The second kappa shape index (κ2) is 8.50. The maximum absolute atomic E-state index is 5.60. The SMILES string of the molecule is Cc1ccc(C)n1-c1cc(Br)cc(NC(c2ccccc2)C2CCOCC2)n1. The minimum Gasteiger partial charge on any atom is -0.381 e. The van der Waals surface area contributed by atoms with Crippen LogP contribution in [0, 0.1) is 19.8 Å². The first-order valence-corrected chi connectivity index (χ1v) is 10.6. The molecule has 5 heteroatoms. The molecule has 146 valence electrons. The van der Waals surface area contributed by atoms with Gasteiger partial charge in [0.15, 0.2) is 0 Å². The van der Waals surface area contributed by atoms with Gasteiger partial charge in [-0.05, 0) is 62.4 Å². The lowest BCUT2D eigenvalue weighted by Crippen LogP contribution is -2.27. The van der Waals surface area contributed by atoms with E-state index < -0.39 is 0 Å². The highest BCUT2D eigenvalue weighted by atomic mass is 79.9. The highest BCUT2D eigenvalue weighted by Gasteiger charge is 2.26. The van der Waals surface area contributed by atoms with E-state index in [-0.39, 0.29) is 6.04 Å². The first-order valence-electron chi connectivity index (χ1n) is 9.84. The number of benzene rings is 1. The van der Waals surface area contributed by atoms with E-state index in [1.807, 2.05) is 0 Å². The van der Waals surface area contributed by atoms with Crippen LogP contribution in [0.3, 0.4) is 0 Å². The number of nitrogens with zero attached hydrogens (tertiary/aromatic N) is 2. The molecule has 0 bridgehead atoms. The predicted octanol–water partition coefficient (Wildman–Crippen LogP) is 5.83. The highest BCUT2D eigenvalue weighted by molar-refractivity contribution is 9.10. The summed E-state index contributed by atoms with van der Waals surface area (Å²) in [6.45, 7) is 5.87. The third-order valence-electron chi connectivity index (χ3n) is 5.48. The fourth-order valence-electron chi connectivity index (χ4n) is 4.04. The van der Waals surface area contributed by atoms with E-state index in [4.69, 9.17) is 9.72 Å². The van der Waals surface area contributed by atoms with Crippen LogP contribution in [0.4, 0.5) is 5.82 Å². The molecule has 1 unspecified atom stereocenters. The second-order valence-electron chi connectivity index (χ2n) is 7.46. The van der Waals surface area contributed by atoms with E-state index in [1.54, 1.807) is 0 Å². The Balaban J connectivity index is 1.69. The number of aromatic nitrogens is 2. The van der Waals surface area contributed by atoms with Gasteiger partial charge in [0.2, 0.25) is 0 Å². The van der Waals surface area contributed by atoms with E-state index in [1.165, 1.54) is 17.0 Å². The Bertz CT molecular complexity index is 913. The molecule has 2 aromatic heterocycles. The van der Waals surface area contributed by atoms with E-state index in [9.17, 15) is 0 Å². The summed E-state index contributed by atoms with van der Waals surface area (Å²) in [6, 6.07) is 19.3. The van der Waals surface area contributed by atoms with Crippen molar-refractivity contribution in [3.8, 4) is 5.82 Å². The van der Waals surface area contributed by atoms with Crippen LogP contribution < -0.4 is 5.32 Å². The summed E-state index contributed by atoms with van der Waals surface area (Å²) in [5, 5.41) is 3.74. The molecule has 4 nitrogen and oxygen atoms in total. The van der Waals surface area contributed by atoms with Crippen LogP contribution in [0.25, 0.3) is 5.82 Å². The molecular weight excluding hydrogens is 414 g/mol. The number of nitrogens with one attached hydrogen (secondary N) is 1. The molecule has 1 saturated heterocycles. The Kier molecular flexibility index (Phi) is 5.83. The molecule has 1 aromatic carbocycles. The smallest absolute Gasteiger partial charge is 0.140 e. The number of pyridine rings is 1. The van der Waals surface area contributed by atoms with Crippen molar-refractivity contribution in [2.75, 3.05) is 18.5 Å². The van der Waals surface area contributed by atoms with Crippen LogP contribution in [0.15, 0.2) is 59.1 Å². The normalized spacial score (nSPS) is 16.1. The fourth-order valence-corrected chi connectivity index (χ4v) is 4.47. The van der Waals surface area contributed by atoms with Crippen LogP contribution in [0.5, 0.6) is 0 Å². The molecule has 3 heterocycles. The maximum Gasteiger partial charge on any atom is 0.140 e. The van der Waals surface area contributed by atoms with Crippen LogP contribution in [-0.4, -0.2) is 22.8 Å². The van der Waals surface area contributed by atoms with Gasteiger partial charge in [0.25, 0.3) is 0 Å². The average molecular weight is 440 g/mol. The van der Waals surface area contributed by atoms with Gasteiger partial charge in [-0.25, -0.2) is 4.98 Å². The molecular formula is C23H26BrN3O. The van der Waals surface area contributed by atoms with Crippen molar-refractivity contribution in [1.82, 2.24) is 9.55 Å². The summed E-state index contributed by atoms with van der Waals surface area (Å²) >= 11 is 3.68. The van der Waals surface area contributed by atoms with E-state index in [0.29, 0.717) is 5.92 Å². The zero-order chi connectivity index (χ0) is 19.5. The molecule has 0 aliphatic carbocycles. The molecule has 1 fully saturated rings. The number of hydrogen-bond acceptors (Lipinski definition) is 3. The standard InChI is InChI=1S/C23H26BrN3O/c1-16-8-9-17(2)27(16)22-15-20(24)14-21(25-22)26-23(18-6-4-3-5-7-18)19-10-12-28-13-11-19/h3-9,14-15,19,23H,10-13H2,1-2H3,(H,25,26). The third kappa shape index (κ3) is 4.15. The summed E-state index contributed by atoms with van der Waals surface area (Å²) in [6.07, 6.45) is 2.12. The molecule has 0 saturated carbocycles. The quantitative estimate of drug-likeness (QED) is 0.543. The monoisotopic (exact) mass is 439 g/mol. The van der Waals surface area contributed by atoms with Gasteiger partial charge in [-0.2, -0.15) is 0 Å². The zero-order valence-electron chi connectivity index (χ0n) is 16.4. The number of aryl methyl sites for hydroxylation is 2. The lowest BCUT2D eigenvalue weighted by atomic mass is 9.87. The molecule has 1 aliphatic rings. The Morgan fingerprint density at radius 3 is 2.39 bits per heavy atom. The Hall–Kier alpha value is -2.11. The third-order valence-corrected chi connectivity index (χ3v) is 5.93. The number of ether oxygens (including phenoxy) is 1. The summed E-state index contributed by atoms with van der Waals surface area (Å²) in [7, 11) is 0. The molecule has 4 rings (SSSR count). The van der Waals surface area contributed by atoms with E-state index >= 15 is 0 Å². The highest BCUT2D eigenvalue weighted by Crippen LogP contribution is 2.33. The number of hydrogen-bond donors (Lipinski definition) is 1. The van der Waals surface area contributed by atoms with Crippen molar-refractivity contribution in [1.29, 1.82) is 0 Å². The van der Waals surface area contributed by atoms with E-state index in [2.05, 4.69) is 94.3 Å². The van der Waals surface area contributed by atoms with Crippen LogP contribution >= 0.6 is 15.9 Å². The van der Waals surface area contributed by atoms with Crippen LogP contribution in [-0.2, 0) is 4.74 Å². The van der Waals surface area contributed by atoms with Gasteiger partial charge in [-0.15, -0.1) is 0 Å². The molecule has 1 N–H and O–H groups in total. The minimum atomic E-state index is 0.214. The molecule has 0 spiro atoms. The van der Waals surface area contributed by atoms with Crippen molar-refractivity contribution >= 4 is 21.7 Å². The lowest BCUT2D eigenvalue weighted by Gasteiger charge is -2.32. The van der Waals surface area contributed by atoms with Crippen molar-refractivity contribution in [3.05, 3.63) is 76.0 Å². The van der Waals surface area contributed by atoms with Crippen molar-refractivity contribution in [2.24, 2.45) is 5.92 Å². The van der Waals surface area contributed by atoms with Gasteiger partial charge >= 0.3 is 0 Å². The fraction of sp³-hybridized carbons (Fsp3) is 0.348. The minimum absolute atomic E-state index is 0.214. The largest absolute Gasteiger partial charge is 0.381 e. The lowest BCUT2D eigenvalue weighted by molar-refractivity contribution is 0.0605. The van der Waals surface area contributed by atoms with Gasteiger partial charge in [0.1, 0.15) is 11.6 Å². The summed E-state index contributed by atoms with van der Waals surface area (Å²) in [5.41, 5.74) is 3.65. The molecule has 0 amide bonds. The Morgan fingerprint density at radius 2 is 1.71 bits per heavy atom. The summed E-state index contributed by atoms with van der Waals surface area (Å²) in [4.78, 5) is 4.95. The summed E-state index contributed by atoms with van der Waals surface area (Å²) < 4.78 is 8.80. The predicted molar refractivity (Wildman–Crippen MR) is 117 cm³/mol. The molecule has 1 aliphatic heterocycles. The number of rotatable bonds is 5. The van der Waals surface area contributed by atoms with Gasteiger partial charge in [-0.1, -0.05) is 46.3 Å². The maximum atomic E-state index is 5.60. The van der Waals surface area contributed by atoms with Gasteiger partial charge in [0, 0.05) is 29.1 Å². The Morgan fingerprint density at radius 1 is 1.04 bits per heavy atom. The van der Waals surface area contributed by atoms with Crippen molar-refractivity contribution in [3.63, 3.8) is 0 Å². The van der Waals surface area contributed by atoms with Gasteiger partial charge in [0.05, 0.1) is 6.04 Å². The molecule has 1 atom stereocenters. The zero-order valence-corrected chi connectivity index (χ0v) is 17.9. The van der Waals surface area contributed by atoms with Crippen molar-refractivity contribution < 1.29 is 4.74 Å². The summed E-state index contributed by atoms with van der Waals surface area (Å²) in [5.74, 6) is 2.34. The molecule has 0 radical (unpaired) electrons. The first kappa shape index (κ1) is 19.2. The van der Waals surface area contributed by atoms with E-state index in [0.717, 1.165) is 42.2 Å².